The Hall–Kier alpha value is -3.52. The highest BCUT2D eigenvalue weighted by atomic mass is 15.0. The molecule has 2 heteroatoms. The highest BCUT2D eigenvalue weighted by Crippen LogP contribution is 2.37. The Kier molecular flexibility index (Phi) is 4.13. The van der Waals surface area contributed by atoms with Gasteiger partial charge >= 0.3 is 0 Å². The van der Waals surface area contributed by atoms with Crippen LogP contribution >= 0.6 is 0 Å². The number of aromatic nitrogens is 2. The van der Waals surface area contributed by atoms with Crippen LogP contribution < -0.4 is 0 Å². The summed E-state index contributed by atoms with van der Waals surface area (Å²) >= 11 is 0. The van der Waals surface area contributed by atoms with Gasteiger partial charge in [-0.25, -0.2) is 0 Å². The van der Waals surface area contributed by atoms with E-state index in [0.29, 0.717) is 0 Å². The van der Waals surface area contributed by atoms with Gasteiger partial charge in [0.2, 0.25) is 0 Å². The van der Waals surface area contributed by atoms with E-state index in [9.17, 15) is 0 Å². The van der Waals surface area contributed by atoms with E-state index in [1.807, 2.05) is 13.8 Å². The molecule has 2 nitrogen and oxygen atoms in total. The number of hydrogen-bond donors (Lipinski definition) is 0. The van der Waals surface area contributed by atoms with Gasteiger partial charge in [-0.15, -0.1) is 0 Å². The lowest BCUT2D eigenvalue weighted by Crippen LogP contribution is -1.93. The third kappa shape index (κ3) is 2.49. The van der Waals surface area contributed by atoms with E-state index in [1.165, 1.54) is 49.3 Å². The first-order valence-electron chi connectivity index (χ1n) is 10.3. The molecule has 0 aliphatic heterocycles. The molecule has 0 atom stereocenters. The SMILES string of the molecule is CC.Cn1c2ccccc2c2cc3c(cc21)c1ccccc1n3-c1ccccc1. The van der Waals surface area contributed by atoms with Crippen LogP contribution in [-0.4, -0.2) is 9.13 Å². The molecule has 6 aromatic rings. The predicted octanol–water partition coefficient (Wildman–Crippen LogP) is 7.45. The maximum Gasteiger partial charge on any atom is 0.0548 e. The van der Waals surface area contributed by atoms with E-state index in [0.717, 1.165) is 0 Å². The Bertz CT molecular complexity index is 1470. The molecular weight excluding hydrogens is 352 g/mol. The zero-order chi connectivity index (χ0) is 20.0. The van der Waals surface area contributed by atoms with Crippen molar-refractivity contribution in [3.8, 4) is 5.69 Å². The molecule has 0 amide bonds. The summed E-state index contributed by atoms with van der Waals surface area (Å²) in [7, 11) is 2.16. The van der Waals surface area contributed by atoms with Crippen LogP contribution in [0, 0.1) is 0 Å². The first-order valence-corrected chi connectivity index (χ1v) is 10.3. The van der Waals surface area contributed by atoms with E-state index in [4.69, 9.17) is 0 Å². The Balaban J connectivity index is 0.000000882. The summed E-state index contributed by atoms with van der Waals surface area (Å²) in [4.78, 5) is 0. The van der Waals surface area contributed by atoms with Crippen LogP contribution in [0.25, 0.3) is 49.3 Å². The molecule has 0 aliphatic rings. The third-order valence-corrected chi connectivity index (χ3v) is 5.72. The number of fused-ring (bicyclic) bond motifs is 6. The maximum atomic E-state index is 2.38. The summed E-state index contributed by atoms with van der Waals surface area (Å²) in [6.07, 6.45) is 0. The molecule has 6 rings (SSSR count). The quantitative estimate of drug-likeness (QED) is 0.282. The number of benzene rings is 4. The topological polar surface area (TPSA) is 9.86 Å². The van der Waals surface area contributed by atoms with E-state index in [2.05, 4.69) is 107 Å². The average molecular weight is 377 g/mol. The molecule has 0 spiro atoms. The summed E-state index contributed by atoms with van der Waals surface area (Å²) in [5.41, 5.74) is 6.25. The van der Waals surface area contributed by atoms with E-state index < -0.39 is 0 Å². The molecule has 142 valence electrons. The van der Waals surface area contributed by atoms with Gasteiger partial charge in [-0.2, -0.15) is 0 Å². The molecule has 0 bridgehead atoms. The van der Waals surface area contributed by atoms with Crippen molar-refractivity contribution in [3.63, 3.8) is 0 Å². The minimum Gasteiger partial charge on any atom is -0.344 e. The lowest BCUT2D eigenvalue weighted by Gasteiger charge is -2.07. The summed E-state index contributed by atoms with van der Waals surface area (Å²) < 4.78 is 4.69. The van der Waals surface area contributed by atoms with Crippen LogP contribution in [0.2, 0.25) is 0 Å². The molecular formula is C27H24N2. The number of hydrogen-bond acceptors (Lipinski definition) is 0. The molecule has 0 fully saturated rings. The third-order valence-electron chi connectivity index (χ3n) is 5.72. The molecule has 4 aromatic carbocycles. The van der Waals surface area contributed by atoms with Crippen LogP contribution in [0.1, 0.15) is 13.8 Å². The van der Waals surface area contributed by atoms with Crippen LogP contribution in [-0.2, 0) is 7.05 Å². The second-order valence-electron chi connectivity index (χ2n) is 7.15. The van der Waals surface area contributed by atoms with Crippen LogP contribution in [0.3, 0.4) is 0 Å². The zero-order valence-corrected chi connectivity index (χ0v) is 17.1. The second kappa shape index (κ2) is 6.82. The van der Waals surface area contributed by atoms with Crippen molar-refractivity contribution >= 4 is 43.6 Å². The summed E-state index contributed by atoms with van der Waals surface area (Å²) in [5, 5.41) is 5.21. The molecule has 0 aliphatic carbocycles. The first kappa shape index (κ1) is 17.6. The van der Waals surface area contributed by atoms with Crippen molar-refractivity contribution in [2.45, 2.75) is 13.8 Å². The number of para-hydroxylation sites is 3. The highest BCUT2D eigenvalue weighted by molar-refractivity contribution is 6.18. The predicted molar refractivity (Wildman–Crippen MR) is 126 cm³/mol. The summed E-state index contributed by atoms with van der Waals surface area (Å²) in [6.45, 7) is 4.00. The molecule has 0 saturated heterocycles. The summed E-state index contributed by atoms with van der Waals surface area (Å²) in [6, 6.07) is 32.7. The standard InChI is InChI=1S/C25H18N2.C2H6/c1-26-22-13-7-5-11-18(22)20-16-25-21(15-24(20)26)19-12-6-8-14-23(19)27(25)17-9-3-2-4-10-17;1-2/h2-16H,1H3;1-2H3. The van der Waals surface area contributed by atoms with Crippen molar-refractivity contribution in [1.29, 1.82) is 0 Å². The zero-order valence-electron chi connectivity index (χ0n) is 17.1. The monoisotopic (exact) mass is 376 g/mol. The molecule has 0 saturated carbocycles. The van der Waals surface area contributed by atoms with Crippen molar-refractivity contribution in [1.82, 2.24) is 9.13 Å². The van der Waals surface area contributed by atoms with Crippen molar-refractivity contribution < 1.29 is 0 Å². The lowest BCUT2D eigenvalue weighted by atomic mass is 10.1. The van der Waals surface area contributed by atoms with Crippen LogP contribution in [0.4, 0.5) is 0 Å². The maximum absolute atomic E-state index is 2.38. The molecule has 2 heterocycles. The van der Waals surface area contributed by atoms with Gasteiger partial charge in [0.05, 0.1) is 11.0 Å². The van der Waals surface area contributed by atoms with Crippen molar-refractivity contribution in [2.24, 2.45) is 7.05 Å². The van der Waals surface area contributed by atoms with E-state index in [-0.39, 0.29) is 0 Å². The molecule has 0 radical (unpaired) electrons. The Morgan fingerprint density at radius 1 is 0.483 bits per heavy atom. The van der Waals surface area contributed by atoms with Gasteiger partial charge in [0.1, 0.15) is 0 Å². The fourth-order valence-corrected chi connectivity index (χ4v) is 4.48. The fourth-order valence-electron chi connectivity index (χ4n) is 4.48. The Labute approximate surface area is 170 Å². The van der Waals surface area contributed by atoms with Gasteiger partial charge in [-0.05, 0) is 36.4 Å². The van der Waals surface area contributed by atoms with Gasteiger partial charge in [0.15, 0.2) is 0 Å². The second-order valence-corrected chi connectivity index (χ2v) is 7.15. The summed E-state index contributed by atoms with van der Waals surface area (Å²) in [5.74, 6) is 0. The van der Waals surface area contributed by atoms with E-state index >= 15 is 0 Å². The van der Waals surface area contributed by atoms with Gasteiger partial charge in [-0.3, -0.25) is 0 Å². The minimum absolute atomic E-state index is 1.20. The van der Waals surface area contributed by atoms with Gasteiger partial charge in [0.25, 0.3) is 0 Å². The van der Waals surface area contributed by atoms with Crippen molar-refractivity contribution in [3.05, 3.63) is 91.0 Å². The van der Waals surface area contributed by atoms with Crippen molar-refractivity contribution in [2.75, 3.05) is 0 Å². The van der Waals surface area contributed by atoms with Gasteiger partial charge in [0, 0.05) is 45.3 Å². The van der Waals surface area contributed by atoms with Crippen LogP contribution in [0.15, 0.2) is 91.0 Å². The number of aryl methyl sites for hydroxylation is 1. The largest absolute Gasteiger partial charge is 0.344 e. The number of nitrogens with zero attached hydrogens (tertiary/aromatic N) is 2. The normalized spacial score (nSPS) is 11.3. The van der Waals surface area contributed by atoms with Gasteiger partial charge < -0.3 is 9.13 Å². The smallest absolute Gasteiger partial charge is 0.0548 e. The fraction of sp³-hybridized carbons (Fsp3) is 0.111. The van der Waals surface area contributed by atoms with Crippen LogP contribution in [0.5, 0.6) is 0 Å². The average Bonchev–Trinajstić information content (AvgIpc) is 3.27. The minimum atomic E-state index is 1.20. The molecule has 29 heavy (non-hydrogen) atoms. The van der Waals surface area contributed by atoms with E-state index in [1.54, 1.807) is 0 Å². The highest BCUT2D eigenvalue weighted by Gasteiger charge is 2.15. The van der Waals surface area contributed by atoms with Gasteiger partial charge in [-0.1, -0.05) is 68.4 Å². The Morgan fingerprint density at radius 3 is 1.72 bits per heavy atom. The lowest BCUT2D eigenvalue weighted by molar-refractivity contribution is 1.02. The molecule has 0 N–H and O–H groups in total. The molecule has 2 aromatic heterocycles. The Morgan fingerprint density at radius 2 is 1.00 bits per heavy atom. The molecule has 0 unspecified atom stereocenters. The number of rotatable bonds is 1. The first-order chi connectivity index (χ1) is 14.3.